The maximum Gasteiger partial charge on any atom is 0.293 e. The van der Waals surface area contributed by atoms with Gasteiger partial charge in [-0.1, -0.05) is 19.1 Å². The molecule has 0 spiro atoms. The first-order chi connectivity index (χ1) is 8.56. The van der Waals surface area contributed by atoms with Gasteiger partial charge in [-0.05, 0) is 13.0 Å². The third-order valence-electron chi connectivity index (χ3n) is 3.15. The topological polar surface area (TPSA) is 65.1 Å². The molecule has 94 valence electrons. The molecule has 1 aromatic heterocycles. The van der Waals surface area contributed by atoms with Crippen molar-refractivity contribution < 1.29 is 9.72 Å². The monoisotopic (exact) mass is 246 g/mol. The van der Waals surface area contributed by atoms with Gasteiger partial charge in [-0.3, -0.25) is 14.9 Å². The van der Waals surface area contributed by atoms with Gasteiger partial charge in [0.2, 0.25) is 0 Å². The third kappa shape index (κ3) is 1.88. The van der Waals surface area contributed by atoms with Crippen molar-refractivity contribution in [3.8, 4) is 0 Å². The van der Waals surface area contributed by atoms with Gasteiger partial charge in [-0.25, -0.2) is 0 Å². The summed E-state index contributed by atoms with van der Waals surface area (Å²) < 4.78 is 1.68. The Hall–Kier alpha value is -2.17. The molecular weight excluding hydrogens is 232 g/mol. The van der Waals surface area contributed by atoms with Crippen LogP contribution in [0.25, 0.3) is 10.9 Å². The number of nitro benzene ring substituents is 1. The van der Waals surface area contributed by atoms with Crippen LogP contribution in [0.15, 0.2) is 30.5 Å². The summed E-state index contributed by atoms with van der Waals surface area (Å²) in [7, 11) is 0. The normalized spacial score (nSPS) is 12.6. The van der Waals surface area contributed by atoms with Crippen molar-refractivity contribution >= 4 is 22.4 Å². The number of non-ortho nitro benzene ring substituents is 1. The highest BCUT2D eigenvalue weighted by atomic mass is 16.6. The molecule has 1 unspecified atom stereocenters. The largest absolute Gasteiger partial charge is 0.332 e. The molecular formula is C13H14N2O3. The number of hydrogen-bond acceptors (Lipinski definition) is 3. The number of nitrogens with zero attached hydrogens (tertiary/aromatic N) is 2. The van der Waals surface area contributed by atoms with Crippen molar-refractivity contribution in [3.63, 3.8) is 0 Å². The Bertz CT molecular complexity index is 616. The average molecular weight is 246 g/mol. The predicted octanol–water partition coefficient (Wildman–Crippen LogP) is 3.09. The SMILES string of the molecule is CCC(=O)C(C)n1ccc2cccc([N+](=O)[O-])c21. The Morgan fingerprint density at radius 1 is 1.44 bits per heavy atom. The van der Waals surface area contributed by atoms with Crippen LogP contribution in [0, 0.1) is 10.1 Å². The lowest BCUT2D eigenvalue weighted by molar-refractivity contribution is -0.383. The van der Waals surface area contributed by atoms with Crippen molar-refractivity contribution in [3.05, 3.63) is 40.6 Å². The zero-order chi connectivity index (χ0) is 13.3. The van der Waals surface area contributed by atoms with Crippen LogP contribution in [-0.2, 0) is 4.79 Å². The Morgan fingerprint density at radius 2 is 2.17 bits per heavy atom. The van der Waals surface area contributed by atoms with E-state index in [1.54, 1.807) is 36.7 Å². The third-order valence-corrected chi connectivity index (χ3v) is 3.15. The van der Waals surface area contributed by atoms with Gasteiger partial charge in [-0.2, -0.15) is 0 Å². The van der Waals surface area contributed by atoms with Crippen molar-refractivity contribution in [1.29, 1.82) is 0 Å². The van der Waals surface area contributed by atoms with Gasteiger partial charge < -0.3 is 4.57 Å². The number of ketones is 1. The lowest BCUT2D eigenvalue weighted by atomic mass is 10.1. The van der Waals surface area contributed by atoms with E-state index in [0.717, 1.165) is 5.39 Å². The molecule has 18 heavy (non-hydrogen) atoms. The molecule has 0 radical (unpaired) electrons. The minimum absolute atomic E-state index is 0.0354. The number of nitro groups is 1. The molecule has 0 aliphatic heterocycles. The fourth-order valence-corrected chi connectivity index (χ4v) is 2.12. The van der Waals surface area contributed by atoms with Crippen molar-refractivity contribution in [2.24, 2.45) is 0 Å². The number of para-hydroxylation sites is 1. The average Bonchev–Trinajstić information content (AvgIpc) is 2.80. The summed E-state index contributed by atoms with van der Waals surface area (Å²) in [5.74, 6) is 0.0608. The summed E-state index contributed by atoms with van der Waals surface area (Å²) in [6.45, 7) is 3.56. The minimum atomic E-state index is -0.415. The molecule has 1 atom stereocenters. The molecule has 2 aromatic rings. The summed E-state index contributed by atoms with van der Waals surface area (Å²) in [5.41, 5.74) is 0.546. The maximum absolute atomic E-state index is 11.7. The molecule has 0 aliphatic rings. The van der Waals surface area contributed by atoms with E-state index in [2.05, 4.69) is 0 Å². The minimum Gasteiger partial charge on any atom is -0.332 e. The zero-order valence-corrected chi connectivity index (χ0v) is 10.3. The second kappa shape index (κ2) is 4.60. The first kappa shape index (κ1) is 12.3. The summed E-state index contributed by atoms with van der Waals surface area (Å²) in [6.07, 6.45) is 2.15. The number of hydrogen-bond donors (Lipinski definition) is 0. The van der Waals surface area contributed by atoms with Crippen LogP contribution < -0.4 is 0 Å². The summed E-state index contributed by atoms with van der Waals surface area (Å²) in [5, 5.41) is 11.8. The first-order valence-electron chi connectivity index (χ1n) is 5.83. The zero-order valence-electron chi connectivity index (χ0n) is 10.3. The lowest BCUT2D eigenvalue weighted by Crippen LogP contribution is -2.14. The highest BCUT2D eigenvalue weighted by Crippen LogP contribution is 2.29. The van der Waals surface area contributed by atoms with Crippen LogP contribution in [0.4, 0.5) is 5.69 Å². The highest BCUT2D eigenvalue weighted by Gasteiger charge is 2.20. The molecule has 0 bridgehead atoms. The molecule has 1 heterocycles. The van der Waals surface area contributed by atoms with E-state index >= 15 is 0 Å². The highest BCUT2D eigenvalue weighted by molar-refractivity contribution is 5.91. The number of fused-ring (bicyclic) bond motifs is 1. The van der Waals surface area contributed by atoms with Gasteiger partial charge in [0.15, 0.2) is 5.78 Å². The second-order valence-electron chi connectivity index (χ2n) is 4.19. The van der Waals surface area contributed by atoms with Crippen molar-refractivity contribution in [2.45, 2.75) is 26.3 Å². The molecule has 5 heteroatoms. The summed E-state index contributed by atoms with van der Waals surface area (Å²) in [6, 6.07) is 6.33. The quantitative estimate of drug-likeness (QED) is 0.615. The Labute approximate surface area is 104 Å². The standard InChI is InChI=1S/C13H14N2O3/c1-3-12(16)9(2)14-8-7-10-5-4-6-11(13(10)14)15(17)18/h4-9H,3H2,1-2H3. The van der Waals surface area contributed by atoms with Crippen LogP contribution in [0.2, 0.25) is 0 Å². The van der Waals surface area contributed by atoms with Gasteiger partial charge in [0.1, 0.15) is 5.52 Å². The van der Waals surface area contributed by atoms with E-state index < -0.39 is 4.92 Å². The van der Waals surface area contributed by atoms with E-state index in [9.17, 15) is 14.9 Å². The van der Waals surface area contributed by atoms with E-state index in [1.165, 1.54) is 6.07 Å². The Balaban J connectivity index is 2.65. The fourth-order valence-electron chi connectivity index (χ4n) is 2.12. The summed E-state index contributed by atoms with van der Waals surface area (Å²) >= 11 is 0. The van der Waals surface area contributed by atoms with Crippen molar-refractivity contribution in [1.82, 2.24) is 4.57 Å². The molecule has 0 N–H and O–H groups in total. The number of rotatable bonds is 4. The van der Waals surface area contributed by atoms with Crippen LogP contribution in [-0.4, -0.2) is 15.3 Å². The van der Waals surface area contributed by atoms with Crippen molar-refractivity contribution in [2.75, 3.05) is 0 Å². The lowest BCUT2D eigenvalue weighted by Gasteiger charge is -2.13. The number of Topliss-reactive ketones (excluding diaryl/α,β-unsaturated/α-hetero) is 1. The number of benzene rings is 1. The van der Waals surface area contributed by atoms with Crippen LogP contribution in [0.1, 0.15) is 26.3 Å². The number of carbonyl (C=O) groups excluding carboxylic acids is 1. The molecule has 0 amide bonds. The van der Waals surface area contributed by atoms with Gasteiger partial charge in [0.05, 0.1) is 11.0 Å². The number of carbonyl (C=O) groups is 1. The Morgan fingerprint density at radius 3 is 2.78 bits per heavy atom. The van der Waals surface area contributed by atoms with E-state index in [-0.39, 0.29) is 17.5 Å². The fraction of sp³-hybridized carbons (Fsp3) is 0.308. The smallest absolute Gasteiger partial charge is 0.293 e. The molecule has 0 fully saturated rings. The van der Waals surface area contributed by atoms with Gasteiger partial charge >= 0.3 is 0 Å². The molecule has 0 aliphatic carbocycles. The van der Waals surface area contributed by atoms with E-state index in [1.807, 2.05) is 6.07 Å². The molecule has 5 nitrogen and oxygen atoms in total. The number of aromatic nitrogens is 1. The van der Waals surface area contributed by atoms with Gasteiger partial charge in [0.25, 0.3) is 5.69 Å². The summed E-state index contributed by atoms with van der Waals surface area (Å²) in [4.78, 5) is 22.4. The molecule has 0 saturated carbocycles. The van der Waals surface area contributed by atoms with Gasteiger partial charge in [-0.15, -0.1) is 0 Å². The van der Waals surface area contributed by atoms with E-state index in [4.69, 9.17) is 0 Å². The maximum atomic E-state index is 11.7. The van der Waals surface area contributed by atoms with Gasteiger partial charge in [0, 0.05) is 24.1 Å². The molecule has 0 saturated heterocycles. The van der Waals surface area contributed by atoms with Crippen LogP contribution in [0.3, 0.4) is 0 Å². The van der Waals surface area contributed by atoms with Crippen LogP contribution >= 0.6 is 0 Å². The van der Waals surface area contributed by atoms with Crippen LogP contribution in [0.5, 0.6) is 0 Å². The second-order valence-corrected chi connectivity index (χ2v) is 4.19. The molecule has 2 rings (SSSR count). The molecule has 1 aromatic carbocycles. The first-order valence-corrected chi connectivity index (χ1v) is 5.83. The predicted molar refractivity (Wildman–Crippen MR) is 68.6 cm³/mol. The van der Waals surface area contributed by atoms with E-state index in [0.29, 0.717) is 11.9 Å². The Kier molecular flexibility index (Phi) is 3.14.